The lowest BCUT2D eigenvalue weighted by molar-refractivity contribution is -0.324. The Morgan fingerprint density at radius 2 is 1.89 bits per heavy atom. The monoisotopic (exact) mass is 501 g/mol. The average Bonchev–Trinajstić information content (AvgIpc) is 3.64. The van der Waals surface area contributed by atoms with Gasteiger partial charge in [0.05, 0.1) is 6.10 Å². The fraction of sp³-hybridized carbons (Fsp3) is 0.625. The molecule has 2 aromatic carbocycles. The number of benzene rings is 2. The first kappa shape index (κ1) is 22.9. The average molecular weight is 502 g/mol. The van der Waals surface area contributed by atoms with E-state index in [4.69, 9.17) is 9.47 Å². The van der Waals surface area contributed by atoms with E-state index in [0.29, 0.717) is 11.8 Å². The summed E-state index contributed by atoms with van der Waals surface area (Å²) in [5.41, 5.74) is 3.40. The fourth-order valence-electron chi connectivity index (χ4n) is 10.3. The van der Waals surface area contributed by atoms with Crippen LogP contribution >= 0.6 is 0 Å². The number of likely N-dealkylation sites (tertiary alicyclic amines) is 1. The number of fused-ring (bicyclic) bond motifs is 2. The Hall–Kier alpha value is -2.08. The fourth-order valence-corrected chi connectivity index (χ4v) is 10.3. The molecule has 5 heteroatoms. The van der Waals surface area contributed by atoms with Gasteiger partial charge in [-0.05, 0) is 81.5 Å². The zero-order valence-electron chi connectivity index (χ0n) is 22.3. The molecule has 37 heavy (non-hydrogen) atoms. The Morgan fingerprint density at radius 1 is 1.11 bits per heavy atom. The molecule has 1 saturated heterocycles. The summed E-state index contributed by atoms with van der Waals surface area (Å²) in [6.45, 7) is 6.62. The Bertz CT molecular complexity index is 1290. The first-order valence-electron chi connectivity index (χ1n) is 14.4. The number of nitrogens with zero attached hydrogens (tertiary/aromatic N) is 1. The van der Waals surface area contributed by atoms with Gasteiger partial charge in [-0.1, -0.05) is 42.8 Å². The highest BCUT2D eigenvalue weighted by molar-refractivity contribution is 5.63. The summed E-state index contributed by atoms with van der Waals surface area (Å²) < 4.78 is 13.6. The van der Waals surface area contributed by atoms with Crippen LogP contribution in [-0.4, -0.2) is 53.1 Å². The smallest absolute Gasteiger partial charge is 0.165 e. The van der Waals surface area contributed by atoms with Crippen molar-refractivity contribution in [1.29, 1.82) is 0 Å². The van der Waals surface area contributed by atoms with Gasteiger partial charge >= 0.3 is 0 Å². The van der Waals surface area contributed by atoms with E-state index in [9.17, 15) is 10.2 Å². The van der Waals surface area contributed by atoms with E-state index in [0.717, 1.165) is 50.1 Å². The number of aryl methyl sites for hydroxylation is 1. The predicted molar refractivity (Wildman–Crippen MR) is 141 cm³/mol. The number of methoxy groups -OCH3 is 1. The number of rotatable bonds is 5. The van der Waals surface area contributed by atoms with E-state index in [-0.39, 0.29) is 22.7 Å². The lowest BCUT2D eigenvalue weighted by Gasteiger charge is -2.76. The summed E-state index contributed by atoms with van der Waals surface area (Å²) in [4.78, 5) is 2.82. The molecule has 7 atom stereocenters. The molecular formula is C32H39NO4. The van der Waals surface area contributed by atoms with Crippen LogP contribution in [0.2, 0.25) is 0 Å². The second kappa shape index (κ2) is 7.11. The highest BCUT2D eigenvalue weighted by Crippen LogP contribution is 2.80. The SMILES string of the molecule is CO[C@]12CC[C@@]3(C[C@]1(C)[C@@H](O)c1ccc(C)cc1)[C@H]1Cc4ccc(O)c5c4[C@@]3(CCN1CC1CC1)[C@H]2O5. The topological polar surface area (TPSA) is 62.2 Å². The highest BCUT2D eigenvalue weighted by Gasteiger charge is 2.84. The zero-order valence-corrected chi connectivity index (χ0v) is 22.3. The van der Waals surface area contributed by atoms with Crippen molar-refractivity contribution in [2.45, 2.75) is 88.1 Å². The van der Waals surface area contributed by atoms with Crippen LogP contribution in [0.15, 0.2) is 36.4 Å². The third kappa shape index (κ3) is 2.49. The van der Waals surface area contributed by atoms with E-state index in [1.54, 1.807) is 0 Å². The molecule has 0 amide bonds. The van der Waals surface area contributed by atoms with Crippen molar-refractivity contribution < 1.29 is 19.7 Å². The molecule has 2 heterocycles. The van der Waals surface area contributed by atoms with Crippen molar-refractivity contribution in [3.8, 4) is 11.5 Å². The number of aromatic hydroxyl groups is 1. The number of ether oxygens (including phenoxy) is 2. The molecule has 0 aromatic heterocycles. The first-order valence-corrected chi connectivity index (χ1v) is 14.4. The van der Waals surface area contributed by atoms with Gasteiger partial charge in [0.1, 0.15) is 11.7 Å². The molecule has 2 N–H and O–H groups in total. The van der Waals surface area contributed by atoms with Crippen molar-refractivity contribution in [3.05, 3.63) is 58.7 Å². The van der Waals surface area contributed by atoms with Crippen molar-refractivity contribution in [2.24, 2.45) is 16.7 Å². The minimum absolute atomic E-state index is 0.0163. The van der Waals surface area contributed by atoms with Gasteiger partial charge in [-0.15, -0.1) is 0 Å². The molecule has 4 bridgehead atoms. The zero-order chi connectivity index (χ0) is 25.4. The first-order chi connectivity index (χ1) is 17.8. The summed E-state index contributed by atoms with van der Waals surface area (Å²) in [7, 11) is 1.82. The van der Waals surface area contributed by atoms with Gasteiger partial charge in [-0.2, -0.15) is 0 Å². The van der Waals surface area contributed by atoms with Crippen LogP contribution in [0, 0.1) is 23.7 Å². The maximum Gasteiger partial charge on any atom is 0.165 e. The van der Waals surface area contributed by atoms with Crippen LogP contribution in [0.1, 0.15) is 73.8 Å². The van der Waals surface area contributed by atoms with E-state index >= 15 is 0 Å². The molecule has 5 aliphatic carbocycles. The normalized spacial score (nSPS) is 41.8. The van der Waals surface area contributed by atoms with Crippen LogP contribution in [-0.2, 0) is 16.6 Å². The van der Waals surface area contributed by atoms with Gasteiger partial charge < -0.3 is 19.7 Å². The molecule has 196 valence electrons. The molecule has 9 rings (SSSR count). The number of aliphatic hydroxyl groups excluding tert-OH is 1. The summed E-state index contributed by atoms with van der Waals surface area (Å²) >= 11 is 0. The summed E-state index contributed by atoms with van der Waals surface area (Å²) in [6, 6.07) is 12.8. The van der Waals surface area contributed by atoms with Gasteiger partial charge in [0.25, 0.3) is 0 Å². The molecule has 2 aliphatic heterocycles. The molecule has 2 aromatic rings. The maximum absolute atomic E-state index is 12.2. The Morgan fingerprint density at radius 3 is 2.62 bits per heavy atom. The van der Waals surface area contributed by atoms with Gasteiger partial charge in [0.2, 0.25) is 0 Å². The lowest BCUT2D eigenvalue weighted by Crippen LogP contribution is -2.83. The van der Waals surface area contributed by atoms with Gasteiger partial charge in [-0.25, -0.2) is 0 Å². The van der Waals surface area contributed by atoms with Gasteiger partial charge in [0, 0.05) is 41.5 Å². The van der Waals surface area contributed by atoms with E-state index in [1.807, 2.05) is 13.2 Å². The second-order valence-electron chi connectivity index (χ2n) is 13.5. The van der Waals surface area contributed by atoms with Crippen molar-refractivity contribution in [2.75, 3.05) is 20.2 Å². The minimum Gasteiger partial charge on any atom is -0.504 e. The standard InChI is InChI=1S/C32H39NO4/c1-19-4-8-21(9-5-19)27(35)29(2)18-30-12-13-32(29,36-3)28-31(30)14-15-33(17-20-6-7-20)24(30)16-22-10-11-23(34)26(37-28)25(22)31/h4-5,8-11,20,24,27-28,34-35H,6-7,12-18H2,1-3H3/t24-,27+,28-,29-,30-,31+,32+/m1/s1. The van der Waals surface area contributed by atoms with Gasteiger partial charge in [0.15, 0.2) is 11.5 Å². The van der Waals surface area contributed by atoms with Crippen LogP contribution in [0.3, 0.4) is 0 Å². The number of phenolic OH excluding ortho intramolecular Hbond substituents is 1. The van der Waals surface area contributed by atoms with Crippen molar-refractivity contribution in [3.63, 3.8) is 0 Å². The predicted octanol–water partition coefficient (Wildman–Crippen LogP) is 5.05. The Labute approximate surface area is 219 Å². The minimum atomic E-state index is -0.664. The van der Waals surface area contributed by atoms with E-state index in [2.05, 4.69) is 49.1 Å². The molecule has 5 fully saturated rings. The molecule has 7 aliphatic rings. The number of hydrogen-bond donors (Lipinski definition) is 2. The Kier molecular flexibility index (Phi) is 4.39. The molecule has 2 spiro atoms. The van der Waals surface area contributed by atoms with E-state index < -0.39 is 17.1 Å². The second-order valence-corrected chi connectivity index (χ2v) is 13.5. The third-order valence-electron chi connectivity index (χ3n) is 12.1. The van der Waals surface area contributed by atoms with E-state index in [1.165, 1.54) is 36.1 Å². The molecule has 0 unspecified atom stereocenters. The number of aliphatic hydroxyl groups is 1. The molecular weight excluding hydrogens is 462 g/mol. The van der Waals surface area contributed by atoms with Crippen molar-refractivity contribution in [1.82, 2.24) is 4.90 Å². The largest absolute Gasteiger partial charge is 0.504 e. The quantitative estimate of drug-likeness (QED) is 0.601. The van der Waals surface area contributed by atoms with Crippen LogP contribution in [0.4, 0.5) is 0 Å². The van der Waals surface area contributed by atoms with Crippen LogP contribution in [0.25, 0.3) is 0 Å². The summed E-state index contributed by atoms with van der Waals surface area (Å²) in [5, 5.41) is 23.3. The lowest BCUT2D eigenvalue weighted by atomic mass is 9.31. The highest BCUT2D eigenvalue weighted by atomic mass is 16.6. The molecule has 5 nitrogen and oxygen atoms in total. The Balaban J connectivity index is 1.35. The molecule has 0 radical (unpaired) electrons. The number of piperidine rings is 1. The van der Waals surface area contributed by atoms with Gasteiger partial charge in [-0.3, -0.25) is 4.90 Å². The molecule has 4 saturated carbocycles. The number of phenols is 1. The third-order valence-corrected chi connectivity index (χ3v) is 12.1. The maximum atomic E-state index is 12.2. The summed E-state index contributed by atoms with van der Waals surface area (Å²) in [5.74, 6) is 1.79. The summed E-state index contributed by atoms with van der Waals surface area (Å²) in [6.07, 6.45) is 6.73. The van der Waals surface area contributed by atoms with Crippen LogP contribution in [0.5, 0.6) is 11.5 Å². The van der Waals surface area contributed by atoms with Crippen molar-refractivity contribution >= 4 is 0 Å². The van der Waals surface area contributed by atoms with Crippen LogP contribution < -0.4 is 4.74 Å². The number of hydrogen-bond acceptors (Lipinski definition) is 5.